The van der Waals surface area contributed by atoms with Crippen LogP contribution in [0.3, 0.4) is 0 Å². The summed E-state index contributed by atoms with van der Waals surface area (Å²) in [6, 6.07) is 6.00. The first-order chi connectivity index (χ1) is 9.91. The Morgan fingerprint density at radius 2 is 2.00 bits per heavy atom. The molecule has 0 aliphatic heterocycles. The second-order valence-corrected chi connectivity index (χ2v) is 5.96. The number of hydrogen-bond acceptors (Lipinski definition) is 3. The third-order valence-corrected chi connectivity index (χ3v) is 3.63. The number of benzene rings is 1. The fourth-order valence-corrected chi connectivity index (χ4v) is 1.88. The molecule has 0 saturated carbocycles. The van der Waals surface area contributed by atoms with Gasteiger partial charge in [0.1, 0.15) is 6.10 Å². The van der Waals surface area contributed by atoms with Crippen LogP contribution in [0.5, 0.6) is 11.5 Å². The number of hydrogen-bond donors (Lipinski definition) is 1. The molecule has 0 bridgehead atoms. The van der Waals surface area contributed by atoms with Gasteiger partial charge in [0.2, 0.25) is 0 Å². The highest BCUT2D eigenvalue weighted by molar-refractivity contribution is 5.55. The van der Waals surface area contributed by atoms with E-state index in [1.807, 2.05) is 37.3 Å². The number of allylic oxidation sites excluding steroid dienone is 1. The van der Waals surface area contributed by atoms with Gasteiger partial charge >= 0.3 is 0 Å². The number of methoxy groups -OCH3 is 1. The Morgan fingerprint density at radius 1 is 1.29 bits per heavy atom. The molecule has 1 atom stereocenters. The lowest BCUT2D eigenvalue weighted by atomic mass is 10.0. The topological polar surface area (TPSA) is 30.5 Å². The zero-order chi connectivity index (χ0) is 15.9. The largest absolute Gasteiger partial charge is 0.493 e. The van der Waals surface area contributed by atoms with Gasteiger partial charge in [-0.05, 0) is 51.8 Å². The maximum Gasteiger partial charge on any atom is 0.161 e. The van der Waals surface area contributed by atoms with Crippen LogP contribution in [-0.4, -0.2) is 25.3 Å². The van der Waals surface area contributed by atoms with Crippen molar-refractivity contribution >= 4 is 6.08 Å². The van der Waals surface area contributed by atoms with E-state index < -0.39 is 0 Å². The number of nitrogens with one attached hydrogen (secondary N) is 1. The van der Waals surface area contributed by atoms with Crippen molar-refractivity contribution in [3.05, 3.63) is 29.8 Å². The summed E-state index contributed by atoms with van der Waals surface area (Å²) in [6.45, 7) is 11.5. The molecule has 0 radical (unpaired) electrons. The Hall–Kier alpha value is -1.48. The standard InChI is InChI=1S/C18H29NO2/c1-7-9-15-10-11-16(17(12-15)20-6)21-14(3)13-19-18(4,5)8-2/h7,9-12,14,19H,8,13H2,1-6H3. The van der Waals surface area contributed by atoms with Crippen molar-refractivity contribution in [2.75, 3.05) is 13.7 Å². The summed E-state index contributed by atoms with van der Waals surface area (Å²) in [5.41, 5.74) is 1.25. The van der Waals surface area contributed by atoms with E-state index in [1.54, 1.807) is 7.11 Å². The first kappa shape index (κ1) is 17.6. The molecule has 0 aliphatic carbocycles. The molecule has 1 aromatic carbocycles. The van der Waals surface area contributed by atoms with Crippen LogP contribution in [0.2, 0.25) is 0 Å². The first-order valence-electron chi connectivity index (χ1n) is 7.64. The monoisotopic (exact) mass is 291 g/mol. The van der Waals surface area contributed by atoms with E-state index in [2.05, 4.69) is 33.0 Å². The minimum atomic E-state index is 0.0808. The smallest absolute Gasteiger partial charge is 0.161 e. The van der Waals surface area contributed by atoms with Crippen LogP contribution in [0.4, 0.5) is 0 Å². The van der Waals surface area contributed by atoms with Crippen molar-refractivity contribution in [2.45, 2.75) is 52.7 Å². The maximum atomic E-state index is 6.00. The van der Waals surface area contributed by atoms with Crippen LogP contribution in [0.25, 0.3) is 6.08 Å². The second-order valence-electron chi connectivity index (χ2n) is 5.96. The zero-order valence-electron chi connectivity index (χ0n) is 14.2. The van der Waals surface area contributed by atoms with E-state index in [4.69, 9.17) is 9.47 Å². The molecule has 0 amide bonds. The van der Waals surface area contributed by atoms with Gasteiger partial charge in [-0.1, -0.05) is 25.1 Å². The predicted molar refractivity (Wildman–Crippen MR) is 90.2 cm³/mol. The molecule has 1 N–H and O–H groups in total. The average Bonchev–Trinajstić information content (AvgIpc) is 2.47. The van der Waals surface area contributed by atoms with Gasteiger partial charge in [0.15, 0.2) is 11.5 Å². The molecule has 3 heteroatoms. The van der Waals surface area contributed by atoms with Gasteiger partial charge in [-0.2, -0.15) is 0 Å². The SMILES string of the molecule is CC=Cc1ccc(OC(C)CNC(C)(C)CC)c(OC)c1. The Morgan fingerprint density at radius 3 is 2.57 bits per heavy atom. The number of rotatable bonds is 8. The molecule has 1 unspecified atom stereocenters. The van der Waals surface area contributed by atoms with Crippen LogP contribution >= 0.6 is 0 Å². The molecule has 1 rings (SSSR count). The van der Waals surface area contributed by atoms with Gasteiger partial charge in [-0.3, -0.25) is 0 Å². The third kappa shape index (κ3) is 5.80. The van der Waals surface area contributed by atoms with Crippen molar-refractivity contribution in [1.82, 2.24) is 5.32 Å². The van der Waals surface area contributed by atoms with Crippen molar-refractivity contribution in [1.29, 1.82) is 0 Å². The minimum Gasteiger partial charge on any atom is -0.493 e. The fraction of sp³-hybridized carbons (Fsp3) is 0.556. The Labute approximate surface area is 129 Å². The first-order valence-corrected chi connectivity index (χ1v) is 7.64. The van der Waals surface area contributed by atoms with Crippen molar-refractivity contribution in [3.63, 3.8) is 0 Å². The molecular formula is C18H29NO2. The Kier molecular flexibility index (Phi) is 6.76. The van der Waals surface area contributed by atoms with Crippen LogP contribution in [0.1, 0.15) is 46.6 Å². The molecule has 0 heterocycles. The molecule has 0 aromatic heterocycles. The van der Waals surface area contributed by atoms with Crippen molar-refractivity contribution in [2.24, 2.45) is 0 Å². The average molecular weight is 291 g/mol. The lowest BCUT2D eigenvalue weighted by Crippen LogP contribution is -2.43. The molecule has 1 aromatic rings. The Bertz CT molecular complexity index is 466. The second kappa shape index (κ2) is 8.08. The van der Waals surface area contributed by atoms with Gasteiger partial charge in [-0.15, -0.1) is 0 Å². The van der Waals surface area contributed by atoms with Crippen LogP contribution < -0.4 is 14.8 Å². The summed E-state index contributed by atoms with van der Waals surface area (Å²) in [6.07, 6.45) is 5.22. The van der Waals surface area contributed by atoms with E-state index in [0.717, 1.165) is 30.0 Å². The van der Waals surface area contributed by atoms with Gasteiger partial charge in [-0.25, -0.2) is 0 Å². The summed E-state index contributed by atoms with van der Waals surface area (Å²) in [5, 5.41) is 3.52. The Balaban J connectivity index is 2.69. The van der Waals surface area contributed by atoms with E-state index in [-0.39, 0.29) is 11.6 Å². The van der Waals surface area contributed by atoms with Crippen LogP contribution in [0.15, 0.2) is 24.3 Å². The van der Waals surface area contributed by atoms with E-state index in [9.17, 15) is 0 Å². The lowest BCUT2D eigenvalue weighted by Gasteiger charge is -2.27. The highest BCUT2D eigenvalue weighted by Gasteiger charge is 2.16. The van der Waals surface area contributed by atoms with E-state index >= 15 is 0 Å². The molecule has 3 nitrogen and oxygen atoms in total. The molecule has 0 saturated heterocycles. The molecule has 0 fully saturated rings. The van der Waals surface area contributed by atoms with Gasteiger partial charge in [0.05, 0.1) is 7.11 Å². The van der Waals surface area contributed by atoms with Crippen LogP contribution in [0, 0.1) is 0 Å². The van der Waals surface area contributed by atoms with E-state index in [0.29, 0.717) is 0 Å². The minimum absolute atomic E-state index is 0.0808. The van der Waals surface area contributed by atoms with Crippen molar-refractivity contribution in [3.8, 4) is 11.5 Å². The summed E-state index contributed by atoms with van der Waals surface area (Å²) < 4.78 is 11.4. The third-order valence-electron chi connectivity index (χ3n) is 3.63. The highest BCUT2D eigenvalue weighted by Crippen LogP contribution is 2.29. The van der Waals surface area contributed by atoms with Crippen LogP contribution in [-0.2, 0) is 0 Å². The summed E-state index contributed by atoms with van der Waals surface area (Å²) in [7, 11) is 1.67. The zero-order valence-corrected chi connectivity index (χ0v) is 14.2. The molecule has 0 aliphatic rings. The van der Waals surface area contributed by atoms with Crippen molar-refractivity contribution < 1.29 is 9.47 Å². The predicted octanol–water partition coefficient (Wildman–Crippen LogP) is 4.27. The molecular weight excluding hydrogens is 262 g/mol. The number of ether oxygens (including phenoxy) is 2. The fourth-order valence-electron chi connectivity index (χ4n) is 1.88. The summed E-state index contributed by atoms with van der Waals surface area (Å²) in [5.74, 6) is 1.56. The quantitative estimate of drug-likeness (QED) is 0.775. The molecule has 0 spiro atoms. The highest BCUT2D eigenvalue weighted by atomic mass is 16.5. The normalized spacial score (nSPS) is 13.4. The molecule has 21 heavy (non-hydrogen) atoms. The summed E-state index contributed by atoms with van der Waals surface area (Å²) in [4.78, 5) is 0. The van der Waals surface area contributed by atoms with E-state index in [1.165, 1.54) is 0 Å². The van der Waals surface area contributed by atoms with Gasteiger partial charge < -0.3 is 14.8 Å². The summed E-state index contributed by atoms with van der Waals surface area (Å²) >= 11 is 0. The maximum absolute atomic E-state index is 6.00. The van der Waals surface area contributed by atoms with Gasteiger partial charge in [0, 0.05) is 12.1 Å². The van der Waals surface area contributed by atoms with Gasteiger partial charge in [0.25, 0.3) is 0 Å². The molecule has 118 valence electrons. The lowest BCUT2D eigenvalue weighted by molar-refractivity contribution is 0.191.